The van der Waals surface area contributed by atoms with Crippen LogP contribution in [-0.2, 0) is 0 Å². The predicted molar refractivity (Wildman–Crippen MR) is 196 cm³/mol. The van der Waals surface area contributed by atoms with Gasteiger partial charge in [-0.25, -0.2) is 14.4 Å². The third kappa shape index (κ3) is 6.80. The van der Waals surface area contributed by atoms with Crippen LogP contribution in [0.2, 0.25) is 0 Å². The van der Waals surface area contributed by atoms with Crippen LogP contribution in [0.4, 0.5) is 4.39 Å². The second kappa shape index (κ2) is 14.5. The molecule has 6 aromatic carbocycles. The lowest BCUT2D eigenvalue weighted by Gasteiger charge is -2.05. The van der Waals surface area contributed by atoms with Crippen molar-refractivity contribution in [3.05, 3.63) is 176 Å². The Hall–Kier alpha value is -6.53. The summed E-state index contributed by atoms with van der Waals surface area (Å²) < 4.78 is 19.7. The van der Waals surface area contributed by atoms with Gasteiger partial charge in [0.2, 0.25) is 0 Å². The first-order valence-corrected chi connectivity index (χ1v) is 16.0. The average molecular weight is 641 g/mol. The highest BCUT2D eigenvalue weighted by atomic mass is 19.1. The highest BCUT2D eigenvalue weighted by Crippen LogP contribution is 2.36. The Balaban J connectivity index is 0.000000154. The number of methoxy groups -OCH3 is 1. The van der Waals surface area contributed by atoms with E-state index in [9.17, 15) is 4.39 Å². The van der Waals surface area contributed by atoms with Crippen LogP contribution in [-0.4, -0.2) is 27.0 Å². The van der Waals surface area contributed by atoms with E-state index in [4.69, 9.17) is 14.7 Å². The molecule has 2 heterocycles. The minimum absolute atomic E-state index is 0.287. The highest BCUT2D eigenvalue weighted by molar-refractivity contribution is 5.83. The number of hydrogen-bond acceptors (Lipinski definition) is 3. The molecule has 2 N–H and O–H groups in total. The number of halogens is 1. The third-order valence-corrected chi connectivity index (χ3v) is 8.12. The van der Waals surface area contributed by atoms with Gasteiger partial charge in [-0.3, -0.25) is 0 Å². The number of benzene rings is 6. The summed E-state index contributed by atoms with van der Waals surface area (Å²) in [5.41, 5.74) is 9.28. The summed E-state index contributed by atoms with van der Waals surface area (Å²) in [5, 5.41) is 0. The number of aromatic nitrogens is 4. The SMILES string of the molecule is COc1ccccc1-c1nc(-c2ccccc2)c(-c2ccccc2)[nH]1.Fc1ccccc1-c1nc(-c2ccccc2)c(-c2ccccc2)[nH]1. The fourth-order valence-electron chi connectivity index (χ4n) is 5.73. The first kappa shape index (κ1) is 31.1. The van der Waals surface area contributed by atoms with Crippen molar-refractivity contribution in [1.29, 1.82) is 0 Å². The Labute approximate surface area is 284 Å². The number of nitrogens with one attached hydrogen (secondary N) is 2. The molecule has 0 aliphatic rings. The van der Waals surface area contributed by atoms with Crippen molar-refractivity contribution in [2.24, 2.45) is 0 Å². The number of imidazole rings is 2. The van der Waals surface area contributed by atoms with Crippen LogP contribution in [0.3, 0.4) is 0 Å². The van der Waals surface area contributed by atoms with Crippen molar-refractivity contribution < 1.29 is 9.13 Å². The molecule has 0 aliphatic heterocycles. The maximum Gasteiger partial charge on any atom is 0.142 e. The zero-order chi connectivity index (χ0) is 33.4. The molecule has 5 nitrogen and oxygen atoms in total. The van der Waals surface area contributed by atoms with Crippen LogP contribution in [0.25, 0.3) is 67.8 Å². The number of hydrogen-bond donors (Lipinski definition) is 2. The first-order valence-electron chi connectivity index (χ1n) is 16.0. The summed E-state index contributed by atoms with van der Waals surface area (Å²) in [7, 11) is 1.68. The molecular formula is C43H33FN4O. The van der Waals surface area contributed by atoms with Gasteiger partial charge in [-0.05, 0) is 24.3 Å². The van der Waals surface area contributed by atoms with Gasteiger partial charge in [-0.1, -0.05) is 146 Å². The van der Waals surface area contributed by atoms with Gasteiger partial charge >= 0.3 is 0 Å². The van der Waals surface area contributed by atoms with Gasteiger partial charge < -0.3 is 14.7 Å². The molecule has 49 heavy (non-hydrogen) atoms. The molecule has 0 atom stereocenters. The Bertz CT molecular complexity index is 2150. The van der Waals surface area contributed by atoms with E-state index in [-0.39, 0.29) is 5.82 Å². The fraction of sp³-hybridized carbons (Fsp3) is 0.0233. The van der Waals surface area contributed by atoms with E-state index < -0.39 is 0 Å². The summed E-state index contributed by atoms with van der Waals surface area (Å²) in [6.07, 6.45) is 0. The van der Waals surface area contributed by atoms with Crippen molar-refractivity contribution in [2.75, 3.05) is 7.11 Å². The largest absolute Gasteiger partial charge is 0.496 e. The smallest absolute Gasteiger partial charge is 0.142 e. The van der Waals surface area contributed by atoms with Crippen LogP contribution >= 0.6 is 0 Å². The molecule has 0 spiro atoms. The summed E-state index contributed by atoms with van der Waals surface area (Å²) >= 11 is 0. The first-order chi connectivity index (χ1) is 24.2. The lowest BCUT2D eigenvalue weighted by atomic mass is 10.1. The van der Waals surface area contributed by atoms with Crippen molar-refractivity contribution in [2.45, 2.75) is 0 Å². The minimum atomic E-state index is -0.287. The number of nitrogens with zero attached hydrogens (tertiary/aromatic N) is 2. The number of H-pyrrole nitrogens is 2. The maximum absolute atomic E-state index is 14.2. The van der Waals surface area contributed by atoms with Gasteiger partial charge in [0.25, 0.3) is 0 Å². The van der Waals surface area contributed by atoms with Gasteiger partial charge in [0.15, 0.2) is 0 Å². The van der Waals surface area contributed by atoms with Gasteiger partial charge in [-0.2, -0.15) is 0 Å². The number of aromatic amines is 2. The van der Waals surface area contributed by atoms with Crippen LogP contribution in [0.1, 0.15) is 0 Å². The second-order valence-electron chi connectivity index (χ2n) is 11.3. The van der Waals surface area contributed by atoms with Gasteiger partial charge in [-0.15, -0.1) is 0 Å². The van der Waals surface area contributed by atoms with E-state index in [0.717, 1.165) is 62.2 Å². The van der Waals surface area contributed by atoms with Crippen LogP contribution in [0.15, 0.2) is 170 Å². The summed E-state index contributed by atoms with van der Waals surface area (Å²) in [6, 6.07) is 55.0. The Morgan fingerprint density at radius 1 is 0.429 bits per heavy atom. The summed E-state index contributed by atoms with van der Waals surface area (Å²) in [5.74, 6) is 1.85. The van der Waals surface area contributed by atoms with Crippen LogP contribution in [0, 0.1) is 5.82 Å². The van der Waals surface area contributed by atoms with E-state index in [0.29, 0.717) is 11.4 Å². The zero-order valence-corrected chi connectivity index (χ0v) is 26.8. The van der Waals surface area contributed by atoms with E-state index in [2.05, 4.69) is 34.2 Å². The molecule has 0 saturated carbocycles. The van der Waals surface area contributed by atoms with E-state index in [1.807, 2.05) is 127 Å². The van der Waals surface area contributed by atoms with E-state index in [1.54, 1.807) is 19.2 Å². The number of ether oxygens (including phenoxy) is 1. The molecule has 6 heteroatoms. The fourth-order valence-corrected chi connectivity index (χ4v) is 5.73. The Morgan fingerprint density at radius 3 is 1.24 bits per heavy atom. The molecule has 0 saturated heterocycles. The van der Waals surface area contributed by atoms with Gasteiger partial charge in [0, 0.05) is 22.3 Å². The van der Waals surface area contributed by atoms with Crippen molar-refractivity contribution >= 4 is 0 Å². The Morgan fingerprint density at radius 2 is 0.796 bits per heavy atom. The van der Waals surface area contributed by atoms with Crippen LogP contribution < -0.4 is 4.74 Å². The molecule has 0 unspecified atom stereocenters. The zero-order valence-electron chi connectivity index (χ0n) is 26.8. The van der Waals surface area contributed by atoms with Crippen molar-refractivity contribution in [3.8, 4) is 73.6 Å². The molecule has 2 aromatic heterocycles. The van der Waals surface area contributed by atoms with E-state index >= 15 is 0 Å². The van der Waals surface area contributed by atoms with Gasteiger partial charge in [0.1, 0.15) is 23.2 Å². The lowest BCUT2D eigenvalue weighted by Crippen LogP contribution is -1.88. The molecule has 0 bridgehead atoms. The monoisotopic (exact) mass is 640 g/mol. The summed E-state index contributed by atoms with van der Waals surface area (Å²) in [6.45, 7) is 0. The molecule has 0 fully saturated rings. The number of para-hydroxylation sites is 1. The average Bonchev–Trinajstić information content (AvgIpc) is 3.83. The minimum Gasteiger partial charge on any atom is -0.496 e. The lowest BCUT2D eigenvalue weighted by molar-refractivity contribution is 0.416. The topological polar surface area (TPSA) is 66.6 Å². The second-order valence-corrected chi connectivity index (χ2v) is 11.3. The Kier molecular flexibility index (Phi) is 9.19. The van der Waals surface area contributed by atoms with E-state index in [1.165, 1.54) is 6.07 Å². The molecule has 238 valence electrons. The molecule has 8 aromatic rings. The molecule has 0 amide bonds. The quantitative estimate of drug-likeness (QED) is 0.182. The molecule has 0 radical (unpaired) electrons. The highest BCUT2D eigenvalue weighted by Gasteiger charge is 2.18. The molecule has 0 aliphatic carbocycles. The standard InChI is InChI=1S/C22H18N2O.C21H15FN2/c1-25-19-15-9-8-14-18(19)22-23-20(16-10-4-2-5-11-16)21(24-22)17-12-6-3-7-13-17;22-18-14-8-7-13-17(18)21-23-19(15-9-3-1-4-10-15)20(24-21)16-11-5-2-6-12-16/h2-15H,1H3,(H,23,24);1-14H,(H,23,24). The molecular weight excluding hydrogens is 607 g/mol. The summed E-state index contributed by atoms with van der Waals surface area (Å²) in [4.78, 5) is 16.4. The maximum atomic E-state index is 14.2. The number of rotatable bonds is 7. The normalized spacial score (nSPS) is 10.7. The van der Waals surface area contributed by atoms with Crippen LogP contribution in [0.5, 0.6) is 5.75 Å². The van der Waals surface area contributed by atoms with Gasteiger partial charge in [0.05, 0.1) is 41.0 Å². The van der Waals surface area contributed by atoms with Crippen molar-refractivity contribution in [1.82, 2.24) is 19.9 Å². The van der Waals surface area contributed by atoms with Crippen molar-refractivity contribution in [3.63, 3.8) is 0 Å². The third-order valence-electron chi connectivity index (χ3n) is 8.12. The molecule has 8 rings (SSSR count). The predicted octanol–water partition coefficient (Wildman–Crippen LogP) is 11.0.